The first kappa shape index (κ1) is 12.1. The molecule has 1 aromatic rings. The molecule has 2 unspecified atom stereocenters. The van der Waals surface area contributed by atoms with Gasteiger partial charge in [0, 0.05) is 24.7 Å². The van der Waals surface area contributed by atoms with Gasteiger partial charge in [-0.15, -0.1) is 0 Å². The molecule has 1 aliphatic rings. The molecule has 2 rings (SSSR count). The van der Waals surface area contributed by atoms with Gasteiger partial charge in [0.15, 0.2) is 11.6 Å². The van der Waals surface area contributed by atoms with Crippen molar-refractivity contribution in [2.24, 2.45) is 5.92 Å². The molecule has 2 atom stereocenters. The maximum Gasteiger partial charge on any atom is 0.151 e. The minimum atomic E-state index is -0.645. The standard InChI is InChI=1S/C12H16F2N2O/c1-7(17)8-2-3-16(6-8)12-10(13)4-9(15)5-11(12)14/h4-5,7-8,17H,2-3,6,15H2,1H3. The van der Waals surface area contributed by atoms with E-state index < -0.39 is 17.7 Å². The van der Waals surface area contributed by atoms with Gasteiger partial charge in [-0.1, -0.05) is 0 Å². The van der Waals surface area contributed by atoms with Crippen LogP contribution in [0, 0.1) is 17.6 Å². The fourth-order valence-electron chi connectivity index (χ4n) is 2.27. The predicted molar refractivity (Wildman–Crippen MR) is 62.8 cm³/mol. The summed E-state index contributed by atoms with van der Waals surface area (Å²) in [5.41, 5.74) is 5.40. The van der Waals surface area contributed by atoms with Gasteiger partial charge in [0.25, 0.3) is 0 Å². The second-order valence-electron chi connectivity index (χ2n) is 4.57. The summed E-state index contributed by atoms with van der Waals surface area (Å²) in [5.74, 6) is -1.23. The third kappa shape index (κ3) is 2.34. The number of nitrogens with two attached hydrogens (primary N) is 1. The summed E-state index contributed by atoms with van der Waals surface area (Å²) in [7, 11) is 0. The van der Waals surface area contributed by atoms with Gasteiger partial charge in [-0.05, 0) is 25.5 Å². The quantitative estimate of drug-likeness (QED) is 0.777. The van der Waals surface area contributed by atoms with Crippen molar-refractivity contribution in [2.75, 3.05) is 23.7 Å². The van der Waals surface area contributed by atoms with Crippen LogP contribution in [-0.2, 0) is 0 Å². The molecule has 0 radical (unpaired) electrons. The number of hydrogen-bond acceptors (Lipinski definition) is 3. The molecule has 17 heavy (non-hydrogen) atoms. The van der Waals surface area contributed by atoms with Crippen LogP contribution < -0.4 is 10.6 Å². The number of nitrogen functional groups attached to an aromatic ring is 1. The van der Waals surface area contributed by atoms with E-state index in [1.807, 2.05) is 0 Å². The molecule has 1 saturated heterocycles. The summed E-state index contributed by atoms with van der Waals surface area (Å²) in [6.45, 7) is 2.71. The summed E-state index contributed by atoms with van der Waals surface area (Å²) in [6.07, 6.45) is 0.279. The lowest BCUT2D eigenvalue weighted by atomic mass is 10.0. The molecule has 1 heterocycles. The highest BCUT2D eigenvalue weighted by Gasteiger charge is 2.29. The number of aliphatic hydroxyl groups excluding tert-OH is 1. The van der Waals surface area contributed by atoms with Gasteiger partial charge in [-0.3, -0.25) is 0 Å². The van der Waals surface area contributed by atoms with Gasteiger partial charge in [0.2, 0.25) is 0 Å². The third-order valence-corrected chi connectivity index (χ3v) is 3.26. The van der Waals surface area contributed by atoms with Gasteiger partial charge in [0.05, 0.1) is 6.10 Å². The van der Waals surface area contributed by atoms with E-state index in [4.69, 9.17) is 5.73 Å². The van der Waals surface area contributed by atoms with Crippen LogP contribution >= 0.6 is 0 Å². The van der Waals surface area contributed by atoms with Crippen LogP contribution in [0.15, 0.2) is 12.1 Å². The highest BCUT2D eigenvalue weighted by atomic mass is 19.1. The van der Waals surface area contributed by atoms with Crippen LogP contribution in [0.2, 0.25) is 0 Å². The second-order valence-corrected chi connectivity index (χ2v) is 4.57. The summed E-state index contributed by atoms with van der Waals surface area (Å²) >= 11 is 0. The normalized spacial score (nSPS) is 21.9. The molecule has 0 aliphatic carbocycles. The number of aliphatic hydroxyl groups is 1. The van der Waals surface area contributed by atoms with E-state index in [0.29, 0.717) is 13.1 Å². The number of nitrogens with zero attached hydrogens (tertiary/aromatic N) is 1. The number of benzene rings is 1. The van der Waals surface area contributed by atoms with E-state index in [1.165, 1.54) is 0 Å². The summed E-state index contributed by atoms with van der Waals surface area (Å²) < 4.78 is 27.3. The van der Waals surface area contributed by atoms with E-state index in [1.54, 1.807) is 11.8 Å². The molecule has 5 heteroatoms. The first-order chi connectivity index (χ1) is 7.99. The van der Waals surface area contributed by atoms with Crippen LogP contribution in [0.25, 0.3) is 0 Å². The third-order valence-electron chi connectivity index (χ3n) is 3.26. The Balaban J connectivity index is 2.25. The van der Waals surface area contributed by atoms with Crippen molar-refractivity contribution in [1.82, 2.24) is 0 Å². The molecule has 1 aliphatic heterocycles. The maximum atomic E-state index is 13.7. The number of halogens is 2. The Morgan fingerprint density at radius 3 is 2.47 bits per heavy atom. The van der Waals surface area contributed by atoms with E-state index >= 15 is 0 Å². The first-order valence-electron chi connectivity index (χ1n) is 5.66. The van der Waals surface area contributed by atoms with Crippen molar-refractivity contribution in [2.45, 2.75) is 19.4 Å². The molecule has 0 bridgehead atoms. The Morgan fingerprint density at radius 1 is 1.41 bits per heavy atom. The molecule has 0 amide bonds. The zero-order valence-corrected chi connectivity index (χ0v) is 9.66. The van der Waals surface area contributed by atoms with Crippen LogP contribution in [0.3, 0.4) is 0 Å². The monoisotopic (exact) mass is 242 g/mol. The van der Waals surface area contributed by atoms with Crippen LogP contribution in [0.4, 0.5) is 20.2 Å². The Kier molecular flexibility index (Phi) is 3.19. The van der Waals surface area contributed by atoms with Crippen LogP contribution in [-0.4, -0.2) is 24.3 Å². The Morgan fingerprint density at radius 2 is 2.00 bits per heavy atom. The molecule has 94 valence electrons. The zero-order chi connectivity index (χ0) is 12.6. The van der Waals surface area contributed by atoms with Gasteiger partial charge >= 0.3 is 0 Å². The minimum absolute atomic E-state index is 0.0395. The predicted octanol–water partition coefficient (Wildman–Crippen LogP) is 1.75. The highest BCUT2D eigenvalue weighted by molar-refractivity contribution is 5.56. The zero-order valence-electron chi connectivity index (χ0n) is 9.66. The average molecular weight is 242 g/mol. The smallest absolute Gasteiger partial charge is 0.151 e. The minimum Gasteiger partial charge on any atom is -0.399 e. The molecule has 0 aromatic heterocycles. The van der Waals surface area contributed by atoms with Crippen molar-refractivity contribution >= 4 is 11.4 Å². The van der Waals surface area contributed by atoms with Gasteiger partial charge in [-0.2, -0.15) is 0 Å². The van der Waals surface area contributed by atoms with Crippen molar-refractivity contribution < 1.29 is 13.9 Å². The first-order valence-corrected chi connectivity index (χ1v) is 5.66. The second kappa shape index (κ2) is 4.49. The lowest BCUT2D eigenvalue weighted by Gasteiger charge is -2.21. The molecule has 3 N–H and O–H groups in total. The maximum absolute atomic E-state index is 13.7. The van der Waals surface area contributed by atoms with E-state index in [9.17, 15) is 13.9 Å². The fraction of sp³-hybridized carbons (Fsp3) is 0.500. The number of anilines is 2. The van der Waals surface area contributed by atoms with Crippen LogP contribution in [0.5, 0.6) is 0 Å². The Bertz CT molecular complexity index is 400. The molecule has 0 spiro atoms. The molecule has 3 nitrogen and oxygen atoms in total. The largest absolute Gasteiger partial charge is 0.399 e. The Labute approximate surface area is 98.8 Å². The highest BCUT2D eigenvalue weighted by Crippen LogP contribution is 2.31. The molecular formula is C12H16F2N2O. The van der Waals surface area contributed by atoms with Gasteiger partial charge < -0.3 is 15.7 Å². The average Bonchev–Trinajstić information content (AvgIpc) is 2.65. The number of hydrogen-bond donors (Lipinski definition) is 2. The summed E-state index contributed by atoms with van der Waals surface area (Å²) in [4.78, 5) is 1.63. The fourth-order valence-corrected chi connectivity index (χ4v) is 2.27. The van der Waals surface area contributed by atoms with Gasteiger partial charge in [0.1, 0.15) is 5.69 Å². The summed E-state index contributed by atoms with van der Waals surface area (Å²) in [5, 5.41) is 9.47. The van der Waals surface area contributed by atoms with Crippen molar-refractivity contribution in [1.29, 1.82) is 0 Å². The lowest BCUT2D eigenvalue weighted by molar-refractivity contribution is 0.136. The van der Waals surface area contributed by atoms with Crippen molar-refractivity contribution in [3.8, 4) is 0 Å². The molecule has 0 saturated carbocycles. The van der Waals surface area contributed by atoms with Gasteiger partial charge in [-0.25, -0.2) is 8.78 Å². The van der Waals surface area contributed by atoms with E-state index in [-0.39, 0.29) is 17.3 Å². The van der Waals surface area contributed by atoms with Crippen molar-refractivity contribution in [3.63, 3.8) is 0 Å². The topological polar surface area (TPSA) is 49.5 Å². The lowest BCUT2D eigenvalue weighted by Crippen LogP contribution is -2.25. The Hall–Kier alpha value is -1.36. The van der Waals surface area contributed by atoms with E-state index in [0.717, 1.165) is 18.6 Å². The summed E-state index contributed by atoms with van der Waals surface area (Å²) in [6, 6.07) is 2.24. The SMILES string of the molecule is CC(O)C1CCN(c2c(F)cc(N)cc2F)C1. The molecule has 1 aromatic carbocycles. The van der Waals surface area contributed by atoms with Crippen LogP contribution in [0.1, 0.15) is 13.3 Å². The van der Waals surface area contributed by atoms with E-state index in [2.05, 4.69) is 0 Å². The molecule has 1 fully saturated rings. The number of rotatable bonds is 2. The molecular weight excluding hydrogens is 226 g/mol. The van der Waals surface area contributed by atoms with Crippen molar-refractivity contribution in [3.05, 3.63) is 23.8 Å².